The van der Waals surface area contributed by atoms with Crippen molar-refractivity contribution < 1.29 is 0 Å². The van der Waals surface area contributed by atoms with Gasteiger partial charge in [0.05, 0.1) is 5.02 Å². The highest BCUT2D eigenvalue weighted by Crippen LogP contribution is 2.34. The van der Waals surface area contributed by atoms with E-state index in [9.17, 15) is 0 Å². The number of rotatable bonds is 3. The van der Waals surface area contributed by atoms with Crippen LogP contribution in [0.4, 0.5) is 0 Å². The summed E-state index contributed by atoms with van der Waals surface area (Å²) in [5.74, 6) is 0. The Morgan fingerprint density at radius 1 is 1.00 bits per heavy atom. The molecule has 2 rings (SSSR count). The lowest BCUT2D eigenvalue weighted by molar-refractivity contribution is 1.07. The van der Waals surface area contributed by atoms with Gasteiger partial charge >= 0.3 is 0 Å². The summed E-state index contributed by atoms with van der Waals surface area (Å²) in [4.78, 5) is 2.08. The normalized spacial score (nSPS) is 10.5. The molecule has 0 spiro atoms. The summed E-state index contributed by atoms with van der Waals surface area (Å²) < 4.78 is 0. The van der Waals surface area contributed by atoms with E-state index in [0.29, 0.717) is 11.6 Å². The number of halogens is 2. The van der Waals surface area contributed by atoms with Crippen LogP contribution in [0.3, 0.4) is 0 Å². The van der Waals surface area contributed by atoms with Gasteiger partial charge in [-0.2, -0.15) is 0 Å². The predicted octanol–water partition coefficient (Wildman–Crippen LogP) is 4.60. The maximum absolute atomic E-state index is 6.11. The molecule has 0 atom stereocenters. The minimum atomic E-state index is 0.454. The lowest BCUT2D eigenvalue weighted by atomic mass is 10.2. The smallest absolute Gasteiger partial charge is 0.0545 e. The largest absolute Gasteiger partial charge is 0.326 e. The van der Waals surface area contributed by atoms with E-state index < -0.39 is 0 Å². The number of hydrogen-bond donors (Lipinski definition) is 1. The first-order chi connectivity index (χ1) is 8.20. The summed E-state index contributed by atoms with van der Waals surface area (Å²) in [5.41, 5.74) is 6.52. The first-order valence-electron chi connectivity index (χ1n) is 5.11. The Labute approximate surface area is 115 Å². The highest BCUT2D eigenvalue weighted by Gasteiger charge is 2.04. The fourth-order valence-corrected chi connectivity index (χ4v) is 2.86. The van der Waals surface area contributed by atoms with Gasteiger partial charge in [0.1, 0.15) is 0 Å². The van der Waals surface area contributed by atoms with Gasteiger partial charge in [-0.05, 0) is 29.8 Å². The van der Waals surface area contributed by atoms with E-state index >= 15 is 0 Å². The molecule has 0 aliphatic carbocycles. The molecule has 0 saturated heterocycles. The summed E-state index contributed by atoms with van der Waals surface area (Å²) in [6.07, 6.45) is 0. The molecule has 0 aliphatic rings. The molecule has 0 unspecified atom stereocenters. The van der Waals surface area contributed by atoms with Gasteiger partial charge in [0.2, 0.25) is 0 Å². The summed E-state index contributed by atoms with van der Waals surface area (Å²) in [6.45, 7) is 0.454. The molecule has 0 aliphatic heterocycles. The molecule has 0 bridgehead atoms. The first-order valence-corrected chi connectivity index (χ1v) is 6.69. The molecule has 1 nitrogen and oxygen atoms in total. The zero-order valence-electron chi connectivity index (χ0n) is 8.99. The van der Waals surface area contributed by atoms with Crippen molar-refractivity contribution in [2.45, 2.75) is 16.3 Å². The fourth-order valence-electron chi connectivity index (χ4n) is 1.41. The van der Waals surface area contributed by atoms with Crippen molar-refractivity contribution in [3.8, 4) is 0 Å². The van der Waals surface area contributed by atoms with E-state index in [1.807, 2.05) is 42.5 Å². The van der Waals surface area contributed by atoms with Gasteiger partial charge in [0.25, 0.3) is 0 Å². The number of benzene rings is 2. The monoisotopic (exact) mass is 283 g/mol. The molecular formula is C13H11Cl2NS. The van der Waals surface area contributed by atoms with Gasteiger partial charge in [-0.1, -0.05) is 53.2 Å². The number of hydrogen-bond acceptors (Lipinski definition) is 2. The maximum atomic E-state index is 6.11. The molecule has 0 amide bonds. The van der Waals surface area contributed by atoms with Crippen LogP contribution < -0.4 is 5.73 Å². The molecule has 0 radical (unpaired) electrons. The summed E-state index contributed by atoms with van der Waals surface area (Å²) in [6, 6.07) is 13.6. The average molecular weight is 284 g/mol. The molecule has 0 heterocycles. The Balaban J connectivity index is 2.25. The second kappa shape index (κ2) is 5.78. The van der Waals surface area contributed by atoms with Crippen molar-refractivity contribution in [3.05, 3.63) is 58.1 Å². The van der Waals surface area contributed by atoms with Crippen LogP contribution in [0.1, 0.15) is 5.56 Å². The summed E-state index contributed by atoms with van der Waals surface area (Å²) >= 11 is 13.8. The average Bonchev–Trinajstić information content (AvgIpc) is 2.32. The topological polar surface area (TPSA) is 26.0 Å². The van der Waals surface area contributed by atoms with Gasteiger partial charge in [0, 0.05) is 21.4 Å². The molecule has 4 heteroatoms. The third-order valence-electron chi connectivity index (χ3n) is 2.31. The minimum absolute atomic E-state index is 0.454. The predicted molar refractivity (Wildman–Crippen MR) is 74.9 cm³/mol. The zero-order valence-corrected chi connectivity index (χ0v) is 11.3. The van der Waals surface area contributed by atoms with E-state index in [0.717, 1.165) is 20.4 Å². The van der Waals surface area contributed by atoms with Crippen molar-refractivity contribution in [2.75, 3.05) is 0 Å². The zero-order chi connectivity index (χ0) is 12.3. The lowest BCUT2D eigenvalue weighted by Crippen LogP contribution is -1.96. The van der Waals surface area contributed by atoms with Gasteiger partial charge < -0.3 is 5.73 Å². The van der Waals surface area contributed by atoms with Crippen LogP contribution in [0.5, 0.6) is 0 Å². The van der Waals surface area contributed by atoms with Crippen LogP contribution in [0.2, 0.25) is 10.0 Å². The van der Waals surface area contributed by atoms with Crippen LogP contribution in [0, 0.1) is 0 Å². The van der Waals surface area contributed by atoms with Gasteiger partial charge in [-0.25, -0.2) is 0 Å². The highest BCUT2D eigenvalue weighted by molar-refractivity contribution is 7.99. The quantitative estimate of drug-likeness (QED) is 0.891. The van der Waals surface area contributed by atoms with Crippen LogP contribution in [0.15, 0.2) is 52.3 Å². The third kappa shape index (κ3) is 3.17. The third-order valence-corrected chi connectivity index (χ3v) is 4.17. The Hall–Kier alpha value is -0.670. The molecule has 2 aromatic carbocycles. The Morgan fingerprint density at radius 2 is 1.76 bits per heavy atom. The van der Waals surface area contributed by atoms with Crippen molar-refractivity contribution in [2.24, 2.45) is 5.73 Å². The molecular weight excluding hydrogens is 273 g/mol. The van der Waals surface area contributed by atoms with E-state index in [1.54, 1.807) is 11.8 Å². The van der Waals surface area contributed by atoms with Gasteiger partial charge in [-0.15, -0.1) is 0 Å². The molecule has 0 aromatic heterocycles. The SMILES string of the molecule is NCc1ccc(Sc2ccccc2Cl)cc1Cl. The second-order valence-electron chi connectivity index (χ2n) is 3.49. The van der Waals surface area contributed by atoms with E-state index in [-0.39, 0.29) is 0 Å². The highest BCUT2D eigenvalue weighted by atomic mass is 35.5. The fraction of sp³-hybridized carbons (Fsp3) is 0.0769. The van der Waals surface area contributed by atoms with Crippen LogP contribution >= 0.6 is 35.0 Å². The molecule has 0 saturated carbocycles. The second-order valence-corrected chi connectivity index (χ2v) is 5.42. The van der Waals surface area contributed by atoms with Crippen molar-refractivity contribution >= 4 is 35.0 Å². The summed E-state index contributed by atoms with van der Waals surface area (Å²) in [5, 5.41) is 1.45. The number of nitrogens with two attached hydrogens (primary N) is 1. The van der Waals surface area contributed by atoms with Gasteiger partial charge in [0.15, 0.2) is 0 Å². The van der Waals surface area contributed by atoms with Crippen LogP contribution in [-0.4, -0.2) is 0 Å². The van der Waals surface area contributed by atoms with Crippen molar-refractivity contribution in [1.82, 2.24) is 0 Å². The summed E-state index contributed by atoms with van der Waals surface area (Å²) in [7, 11) is 0. The van der Waals surface area contributed by atoms with E-state index in [1.165, 1.54) is 0 Å². The van der Waals surface area contributed by atoms with E-state index in [4.69, 9.17) is 28.9 Å². The molecule has 17 heavy (non-hydrogen) atoms. The molecule has 88 valence electrons. The van der Waals surface area contributed by atoms with Crippen LogP contribution in [-0.2, 0) is 6.54 Å². The molecule has 2 aromatic rings. The first kappa shape index (κ1) is 12.8. The molecule has 2 N–H and O–H groups in total. The van der Waals surface area contributed by atoms with Crippen LogP contribution in [0.25, 0.3) is 0 Å². The Kier molecular flexibility index (Phi) is 4.35. The van der Waals surface area contributed by atoms with E-state index in [2.05, 4.69) is 0 Å². The maximum Gasteiger partial charge on any atom is 0.0545 e. The standard InChI is InChI=1S/C13H11Cl2NS/c14-11-3-1-2-4-13(11)17-10-6-5-9(8-16)12(15)7-10/h1-7H,8,16H2. The Morgan fingerprint density at radius 3 is 2.41 bits per heavy atom. The lowest BCUT2D eigenvalue weighted by Gasteiger charge is -2.06. The van der Waals surface area contributed by atoms with Gasteiger partial charge in [-0.3, -0.25) is 0 Å². The Bertz CT molecular complexity index is 529. The molecule has 0 fully saturated rings. The minimum Gasteiger partial charge on any atom is -0.326 e. The van der Waals surface area contributed by atoms with Crippen molar-refractivity contribution in [3.63, 3.8) is 0 Å². The van der Waals surface area contributed by atoms with Crippen molar-refractivity contribution in [1.29, 1.82) is 0 Å².